The molecule has 110 valence electrons. The predicted octanol–water partition coefficient (Wildman–Crippen LogP) is 3.34. The molecule has 3 N–H and O–H groups in total. The van der Waals surface area contributed by atoms with E-state index in [2.05, 4.69) is 5.32 Å². The first-order valence-corrected chi connectivity index (χ1v) is 7.96. The van der Waals surface area contributed by atoms with Crippen molar-refractivity contribution in [2.24, 2.45) is 0 Å². The summed E-state index contributed by atoms with van der Waals surface area (Å²) in [6, 6.07) is 4.59. The maximum absolute atomic E-state index is 13.0. The lowest BCUT2D eigenvalue weighted by Crippen LogP contribution is -2.40. The molecule has 0 spiro atoms. The van der Waals surface area contributed by atoms with Gasteiger partial charge in [0, 0.05) is 16.6 Å². The lowest BCUT2D eigenvalue weighted by atomic mass is 9.95. The number of anilines is 1. The summed E-state index contributed by atoms with van der Waals surface area (Å²) in [5.41, 5.74) is 6.14. The van der Waals surface area contributed by atoms with E-state index in [0.717, 1.165) is 17.7 Å². The molecule has 0 aromatic heterocycles. The molecule has 1 aliphatic rings. The van der Waals surface area contributed by atoms with E-state index >= 15 is 0 Å². The second-order valence-electron chi connectivity index (χ2n) is 5.29. The van der Waals surface area contributed by atoms with Gasteiger partial charge in [-0.05, 0) is 38.0 Å². The number of nitrogens with one attached hydrogen (secondary N) is 1. The van der Waals surface area contributed by atoms with Crippen molar-refractivity contribution in [3.8, 4) is 0 Å². The van der Waals surface area contributed by atoms with Gasteiger partial charge in [0.1, 0.15) is 5.82 Å². The Kier molecular flexibility index (Phi) is 5.29. The topological polar surface area (TPSA) is 55.1 Å². The highest BCUT2D eigenvalue weighted by molar-refractivity contribution is 8.00. The highest BCUT2D eigenvalue weighted by atomic mass is 32.2. The molecule has 1 atom stereocenters. The molecule has 1 unspecified atom stereocenters. The van der Waals surface area contributed by atoms with Crippen LogP contribution in [0.25, 0.3) is 0 Å². The van der Waals surface area contributed by atoms with E-state index in [4.69, 9.17) is 5.73 Å². The van der Waals surface area contributed by atoms with Crippen molar-refractivity contribution in [1.29, 1.82) is 0 Å². The van der Waals surface area contributed by atoms with Crippen LogP contribution < -0.4 is 11.1 Å². The molecular formula is C15H21FN2OS. The summed E-state index contributed by atoms with van der Waals surface area (Å²) in [7, 11) is 0. The van der Waals surface area contributed by atoms with Crippen LogP contribution in [0.5, 0.6) is 0 Å². The van der Waals surface area contributed by atoms with Crippen LogP contribution in [0.3, 0.4) is 0 Å². The minimum absolute atomic E-state index is 0.0330. The van der Waals surface area contributed by atoms with E-state index in [-0.39, 0.29) is 17.0 Å². The van der Waals surface area contributed by atoms with Gasteiger partial charge in [0.25, 0.3) is 0 Å². The number of carbonyl (C=O) groups excluding carboxylic acids is 1. The van der Waals surface area contributed by atoms with Crippen molar-refractivity contribution in [2.45, 2.75) is 55.2 Å². The third kappa shape index (κ3) is 4.13. The fraction of sp³-hybridized carbons (Fsp3) is 0.533. The summed E-state index contributed by atoms with van der Waals surface area (Å²) in [4.78, 5) is 12.9. The highest BCUT2D eigenvalue weighted by Crippen LogP contribution is 2.29. The van der Waals surface area contributed by atoms with Gasteiger partial charge in [-0.1, -0.05) is 19.3 Å². The Balaban J connectivity index is 1.89. The lowest BCUT2D eigenvalue weighted by molar-refractivity contribution is -0.121. The monoisotopic (exact) mass is 296 g/mol. The van der Waals surface area contributed by atoms with Gasteiger partial charge in [-0.15, -0.1) is 11.8 Å². The summed E-state index contributed by atoms with van der Waals surface area (Å²) in [6.07, 6.45) is 5.79. The maximum Gasteiger partial charge on any atom is 0.233 e. The molecule has 1 saturated carbocycles. The number of hydrogen-bond donors (Lipinski definition) is 2. The average Bonchev–Trinajstić information content (AvgIpc) is 2.43. The summed E-state index contributed by atoms with van der Waals surface area (Å²) >= 11 is 1.37. The van der Waals surface area contributed by atoms with Crippen LogP contribution >= 0.6 is 11.8 Å². The van der Waals surface area contributed by atoms with Crippen LogP contribution in [0.1, 0.15) is 39.0 Å². The Hall–Kier alpha value is -1.23. The minimum Gasteiger partial charge on any atom is -0.398 e. The average molecular weight is 296 g/mol. The van der Waals surface area contributed by atoms with Crippen molar-refractivity contribution in [3.05, 3.63) is 24.0 Å². The number of carbonyl (C=O) groups is 1. The van der Waals surface area contributed by atoms with Gasteiger partial charge in [-0.25, -0.2) is 4.39 Å². The number of nitrogen functional groups attached to an aromatic ring is 1. The summed E-state index contributed by atoms with van der Waals surface area (Å²) in [5, 5.41) is 2.86. The second-order valence-corrected chi connectivity index (χ2v) is 6.67. The first-order chi connectivity index (χ1) is 9.56. The molecule has 0 aliphatic heterocycles. The second kappa shape index (κ2) is 6.97. The van der Waals surface area contributed by atoms with E-state index in [1.54, 1.807) is 6.07 Å². The van der Waals surface area contributed by atoms with E-state index in [0.29, 0.717) is 11.7 Å². The Labute approximate surface area is 123 Å². The molecule has 3 nitrogen and oxygen atoms in total. The maximum atomic E-state index is 13.0. The van der Waals surface area contributed by atoms with E-state index in [1.807, 2.05) is 6.92 Å². The molecule has 20 heavy (non-hydrogen) atoms. The number of amides is 1. The Morgan fingerprint density at radius 3 is 2.75 bits per heavy atom. The van der Waals surface area contributed by atoms with Gasteiger partial charge in [0.2, 0.25) is 5.91 Å². The molecule has 0 bridgehead atoms. The molecule has 2 rings (SSSR count). The SMILES string of the molecule is CC(Sc1ccc(F)cc1N)C(=O)NC1CCCCC1. The van der Waals surface area contributed by atoms with Crippen molar-refractivity contribution >= 4 is 23.4 Å². The molecular weight excluding hydrogens is 275 g/mol. The van der Waals surface area contributed by atoms with E-state index in [1.165, 1.54) is 43.2 Å². The molecule has 1 aliphatic carbocycles. The molecule has 0 saturated heterocycles. The van der Waals surface area contributed by atoms with Gasteiger partial charge in [-0.2, -0.15) is 0 Å². The zero-order valence-electron chi connectivity index (χ0n) is 11.7. The van der Waals surface area contributed by atoms with Crippen LogP contribution in [0.15, 0.2) is 23.1 Å². The molecule has 0 heterocycles. The number of nitrogens with two attached hydrogens (primary N) is 1. The van der Waals surface area contributed by atoms with Gasteiger partial charge < -0.3 is 11.1 Å². The minimum atomic E-state index is -0.355. The number of thioether (sulfide) groups is 1. The summed E-state index contributed by atoms with van der Waals surface area (Å²) < 4.78 is 13.0. The summed E-state index contributed by atoms with van der Waals surface area (Å²) in [5.74, 6) is -0.322. The molecule has 0 radical (unpaired) electrons. The Morgan fingerprint density at radius 2 is 2.10 bits per heavy atom. The van der Waals surface area contributed by atoms with Crippen LogP contribution in [0, 0.1) is 5.82 Å². The zero-order chi connectivity index (χ0) is 14.5. The van der Waals surface area contributed by atoms with Crippen LogP contribution in [0.2, 0.25) is 0 Å². The third-order valence-electron chi connectivity index (χ3n) is 3.60. The van der Waals surface area contributed by atoms with Crippen LogP contribution in [0.4, 0.5) is 10.1 Å². The van der Waals surface area contributed by atoms with Crippen molar-refractivity contribution < 1.29 is 9.18 Å². The molecule has 1 fully saturated rings. The van der Waals surface area contributed by atoms with Crippen LogP contribution in [-0.2, 0) is 4.79 Å². The molecule has 1 amide bonds. The number of hydrogen-bond acceptors (Lipinski definition) is 3. The van der Waals surface area contributed by atoms with Gasteiger partial charge in [-0.3, -0.25) is 4.79 Å². The first-order valence-electron chi connectivity index (χ1n) is 7.08. The number of rotatable bonds is 4. The van der Waals surface area contributed by atoms with Crippen molar-refractivity contribution in [2.75, 3.05) is 5.73 Å². The predicted molar refractivity (Wildman–Crippen MR) is 81.1 cm³/mol. The summed E-state index contributed by atoms with van der Waals surface area (Å²) in [6.45, 7) is 1.85. The number of halogens is 1. The zero-order valence-corrected chi connectivity index (χ0v) is 12.5. The standard InChI is InChI=1S/C15H21FN2OS/c1-10(15(19)18-12-5-3-2-4-6-12)20-14-8-7-11(16)9-13(14)17/h7-10,12H,2-6,17H2,1H3,(H,18,19). The smallest absolute Gasteiger partial charge is 0.233 e. The fourth-order valence-corrected chi connectivity index (χ4v) is 3.33. The quantitative estimate of drug-likeness (QED) is 0.662. The lowest BCUT2D eigenvalue weighted by Gasteiger charge is -2.24. The Morgan fingerprint density at radius 1 is 1.40 bits per heavy atom. The Bertz CT molecular complexity index is 475. The van der Waals surface area contributed by atoms with Crippen molar-refractivity contribution in [1.82, 2.24) is 5.32 Å². The third-order valence-corrected chi connectivity index (χ3v) is 4.79. The van der Waals surface area contributed by atoms with Gasteiger partial charge >= 0.3 is 0 Å². The normalized spacial score (nSPS) is 17.7. The molecule has 5 heteroatoms. The van der Waals surface area contributed by atoms with Crippen molar-refractivity contribution in [3.63, 3.8) is 0 Å². The van der Waals surface area contributed by atoms with Crippen LogP contribution in [-0.4, -0.2) is 17.2 Å². The fourth-order valence-electron chi connectivity index (χ4n) is 2.44. The highest BCUT2D eigenvalue weighted by Gasteiger charge is 2.20. The molecule has 1 aromatic carbocycles. The number of benzene rings is 1. The first kappa shape index (κ1) is 15.2. The van der Waals surface area contributed by atoms with Gasteiger partial charge in [0.15, 0.2) is 0 Å². The largest absolute Gasteiger partial charge is 0.398 e. The molecule has 1 aromatic rings. The van der Waals surface area contributed by atoms with E-state index in [9.17, 15) is 9.18 Å². The van der Waals surface area contributed by atoms with E-state index < -0.39 is 0 Å². The van der Waals surface area contributed by atoms with Gasteiger partial charge in [0.05, 0.1) is 5.25 Å².